The number of benzene rings is 2. The van der Waals surface area contributed by atoms with Gasteiger partial charge in [0.05, 0.1) is 36.5 Å². The van der Waals surface area contributed by atoms with Gasteiger partial charge in [-0.05, 0) is 84.1 Å². The van der Waals surface area contributed by atoms with Crippen LogP contribution in [0.15, 0.2) is 41.2 Å². The van der Waals surface area contributed by atoms with Crippen LogP contribution in [0.3, 0.4) is 0 Å². The zero-order valence-corrected chi connectivity index (χ0v) is 23.9. The third kappa shape index (κ3) is 6.41. The van der Waals surface area contributed by atoms with Crippen LogP contribution in [-0.4, -0.2) is 70.8 Å². The molecule has 2 heterocycles. The molecule has 0 spiro atoms. The number of aromatic amines is 1. The Morgan fingerprint density at radius 2 is 2.00 bits per heavy atom. The molecule has 0 bridgehead atoms. The summed E-state index contributed by atoms with van der Waals surface area (Å²) >= 11 is 0. The predicted octanol–water partition coefficient (Wildman–Crippen LogP) is 1.64. The van der Waals surface area contributed by atoms with Crippen molar-refractivity contribution in [3.63, 3.8) is 0 Å². The monoisotopic (exact) mass is 598 g/mol. The standard InChI is InChI=1S/C30H30N8O6/c1-3-13-37(25-10-6-19-15-24-22(16-21(19)25)29(42)32-17(2)31-24)20-7-4-18(5-8-20)28(41)33-23(30(43)44)9-11-26-34-35-36-38(26)14-12-27(39)40/h1,4-5,7-8,15-16,23,25H,6,9-14H2,2H3,(H,33,41)(H,39,40)(H,43,44)(H,31,32,42)/t23-,25?/m0/s1. The fourth-order valence-electron chi connectivity index (χ4n) is 5.50. The molecule has 0 radical (unpaired) electrons. The van der Waals surface area contributed by atoms with Crippen molar-refractivity contribution in [2.24, 2.45) is 0 Å². The Hall–Kier alpha value is -5.58. The van der Waals surface area contributed by atoms with E-state index in [0.717, 1.165) is 29.7 Å². The first kappa shape index (κ1) is 29.9. The van der Waals surface area contributed by atoms with E-state index in [1.165, 1.54) is 4.68 Å². The number of aliphatic carboxylic acids is 2. The maximum absolute atomic E-state index is 13.0. The lowest BCUT2D eigenvalue weighted by Crippen LogP contribution is -2.41. The summed E-state index contributed by atoms with van der Waals surface area (Å²) in [5, 5.41) is 32.8. The van der Waals surface area contributed by atoms with E-state index in [4.69, 9.17) is 11.5 Å². The molecule has 44 heavy (non-hydrogen) atoms. The lowest BCUT2D eigenvalue weighted by atomic mass is 10.0. The number of H-pyrrole nitrogens is 1. The second kappa shape index (κ2) is 12.7. The van der Waals surface area contributed by atoms with Gasteiger partial charge in [0.1, 0.15) is 11.9 Å². The first-order valence-corrected chi connectivity index (χ1v) is 14.0. The fourth-order valence-corrected chi connectivity index (χ4v) is 5.50. The third-order valence-electron chi connectivity index (χ3n) is 7.63. The van der Waals surface area contributed by atoms with Crippen molar-refractivity contribution < 1.29 is 24.6 Å². The molecule has 0 saturated heterocycles. The van der Waals surface area contributed by atoms with Crippen LogP contribution in [0, 0.1) is 19.3 Å². The Kier molecular flexibility index (Phi) is 8.66. The van der Waals surface area contributed by atoms with E-state index in [-0.39, 0.29) is 43.0 Å². The maximum Gasteiger partial charge on any atom is 0.326 e. The molecule has 2 atom stereocenters. The van der Waals surface area contributed by atoms with Crippen LogP contribution >= 0.6 is 0 Å². The number of fused-ring (bicyclic) bond motifs is 2. The number of amides is 1. The van der Waals surface area contributed by atoms with E-state index in [0.29, 0.717) is 29.1 Å². The van der Waals surface area contributed by atoms with E-state index < -0.39 is 23.9 Å². The fraction of sp³-hybridized carbons (Fsp3) is 0.333. The highest BCUT2D eigenvalue weighted by atomic mass is 16.4. The molecule has 1 aliphatic rings. The van der Waals surface area contributed by atoms with Gasteiger partial charge in [-0.15, -0.1) is 11.5 Å². The number of nitrogens with one attached hydrogen (secondary N) is 2. The largest absolute Gasteiger partial charge is 0.481 e. The lowest BCUT2D eigenvalue weighted by molar-refractivity contribution is -0.139. The molecule has 1 aliphatic carbocycles. The summed E-state index contributed by atoms with van der Waals surface area (Å²) in [5.74, 6) is 0.772. The number of terminal acetylenes is 1. The molecule has 2 aromatic carbocycles. The van der Waals surface area contributed by atoms with Crippen LogP contribution < -0.4 is 15.8 Å². The van der Waals surface area contributed by atoms with Crippen molar-refractivity contribution in [3.05, 3.63) is 75.1 Å². The minimum absolute atomic E-state index is 0.00373. The molecule has 14 nitrogen and oxygen atoms in total. The number of aryl methyl sites for hydroxylation is 4. The van der Waals surface area contributed by atoms with Gasteiger partial charge in [-0.2, -0.15) is 0 Å². The Balaban J connectivity index is 1.29. The quantitative estimate of drug-likeness (QED) is 0.173. The number of carbonyl (C=O) groups excluding carboxylic acids is 1. The average molecular weight is 599 g/mol. The molecule has 1 amide bonds. The summed E-state index contributed by atoms with van der Waals surface area (Å²) in [7, 11) is 0. The lowest BCUT2D eigenvalue weighted by Gasteiger charge is -2.30. The molecular formula is C30H30N8O6. The van der Waals surface area contributed by atoms with Gasteiger partial charge in [-0.3, -0.25) is 14.4 Å². The zero-order valence-electron chi connectivity index (χ0n) is 23.9. The van der Waals surface area contributed by atoms with Crippen LogP contribution in [-0.2, 0) is 29.0 Å². The van der Waals surface area contributed by atoms with Crippen LogP contribution in [0.5, 0.6) is 0 Å². The predicted molar refractivity (Wildman–Crippen MR) is 158 cm³/mol. The highest BCUT2D eigenvalue weighted by Gasteiger charge is 2.29. The molecule has 5 rings (SSSR count). The minimum Gasteiger partial charge on any atom is -0.481 e. The van der Waals surface area contributed by atoms with Gasteiger partial charge in [-0.1, -0.05) is 5.92 Å². The Labute approximate surface area is 251 Å². The Morgan fingerprint density at radius 1 is 1.23 bits per heavy atom. The average Bonchev–Trinajstić information content (AvgIpc) is 3.62. The molecule has 1 unspecified atom stereocenters. The van der Waals surface area contributed by atoms with Gasteiger partial charge in [0, 0.05) is 17.7 Å². The third-order valence-corrected chi connectivity index (χ3v) is 7.63. The van der Waals surface area contributed by atoms with Crippen molar-refractivity contribution in [2.45, 2.75) is 57.7 Å². The summed E-state index contributed by atoms with van der Waals surface area (Å²) in [5.41, 5.74) is 3.60. The number of nitrogens with zero attached hydrogens (tertiary/aromatic N) is 6. The van der Waals surface area contributed by atoms with Crippen LogP contribution in [0.4, 0.5) is 5.69 Å². The van der Waals surface area contributed by atoms with Crippen molar-refractivity contribution in [1.29, 1.82) is 0 Å². The van der Waals surface area contributed by atoms with E-state index in [9.17, 15) is 24.3 Å². The first-order chi connectivity index (χ1) is 21.1. The summed E-state index contributed by atoms with van der Waals surface area (Å²) in [6.45, 7) is 2.09. The van der Waals surface area contributed by atoms with Crippen LogP contribution in [0.2, 0.25) is 0 Å². The van der Waals surface area contributed by atoms with Gasteiger partial charge in [0.2, 0.25) is 0 Å². The van der Waals surface area contributed by atoms with E-state index in [1.54, 1.807) is 31.2 Å². The van der Waals surface area contributed by atoms with Gasteiger partial charge in [0.15, 0.2) is 5.82 Å². The first-order valence-electron chi connectivity index (χ1n) is 14.0. The summed E-state index contributed by atoms with van der Waals surface area (Å²) in [6.07, 6.45) is 7.24. The Morgan fingerprint density at radius 3 is 2.70 bits per heavy atom. The smallest absolute Gasteiger partial charge is 0.326 e. The Bertz CT molecular complexity index is 1820. The maximum atomic E-state index is 13.0. The molecule has 2 aromatic heterocycles. The number of anilines is 1. The number of tetrazole rings is 1. The van der Waals surface area contributed by atoms with E-state index in [2.05, 4.69) is 36.7 Å². The molecule has 0 aliphatic heterocycles. The minimum atomic E-state index is -1.23. The number of hydrogen-bond donors (Lipinski definition) is 4. The SMILES string of the molecule is C#CCN(c1ccc(C(=O)N[C@@H](CCc2nnnn2CCC(=O)O)C(=O)O)cc1)C1CCc2cc3nc(C)[nH]c(=O)c3cc21. The second-order valence-electron chi connectivity index (χ2n) is 10.5. The molecular weight excluding hydrogens is 568 g/mol. The van der Waals surface area contributed by atoms with Gasteiger partial charge < -0.3 is 25.4 Å². The molecule has 14 heteroatoms. The molecule has 4 aromatic rings. The molecule has 0 fully saturated rings. The topological polar surface area (TPSA) is 196 Å². The number of carboxylic acid groups (broad SMARTS) is 2. The zero-order chi connectivity index (χ0) is 31.4. The summed E-state index contributed by atoms with van der Waals surface area (Å²) < 4.78 is 1.30. The normalized spacial score (nSPS) is 14.5. The number of hydrogen-bond acceptors (Lipinski definition) is 9. The number of rotatable bonds is 12. The molecule has 0 saturated carbocycles. The summed E-state index contributed by atoms with van der Waals surface area (Å²) in [6, 6.07) is 9.26. The highest BCUT2D eigenvalue weighted by Crippen LogP contribution is 2.39. The van der Waals surface area contributed by atoms with Crippen molar-refractivity contribution in [3.8, 4) is 12.3 Å². The van der Waals surface area contributed by atoms with Crippen LogP contribution in [0.25, 0.3) is 10.9 Å². The second-order valence-corrected chi connectivity index (χ2v) is 10.5. The van der Waals surface area contributed by atoms with Gasteiger partial charge >= 0.3 is 11.9 Å². The van der Waals surface area contributed by atoms with E-state index >= 15 is 0 Å². The van der Waals surface area contributed by atoms with Crippen LogP contribution in [0.1, 0.15) is 58.4 Å². The molecule has 4 N–H and O–H groups in total. The van der Waals surface area contributed by atoms with Crippen molar-refractivity contribution in [1.82, 2.24) is 35.5 Å². The van der Waals surface area contributed by atoms with Crippen molar-refractivity contribution in [2.75, 3.05) is 11.4 Å². The van der Waals surface area contributed by atoms with Gasteiger partial charge in [-0.25, -0.2) is 14.5 Å². The number of carbonyl (C=O) groups is 3. The van der Waals surface area contributed by atoms with Crippen molar-refractivity contribution >= 4 is 34.4 Å². The van der Waals surface area contributed by atoms with E-state index in [1.807, 2.05) is 17.0 Å². The summed E-state index contributed by atoms with van der Waals surface area (Å²) in [4.78, 5) is 57.6. The molecule has 226 valence electrons. The van der Waals surface area contributed by atoms with Gasteiger partial charge in [0.25, 0.3) is 11.5 Å². The number of carboxylic acids is 2. The number of aromatic nitrogens is 6. The highest BCUT2D eigenvalue weighted by molar-refractivity contribution is 5.97.